The van der Waals surface area contributed by atoms with Crippen molar-refractivity contribution in [2.24, 2.45) is 17.8 Å². The van der Waals surface area contributed by atoms with E-state index in [9.17, 15) is 14.4 Å². The second-order valence-electron chi connectivity index (χ2n) is 9.57. The number of ether oxygens (including phenoxy) is 2. The van der Waals surface area contributed by atoms with Gasteiger partial charge in [-0.1, -0.05) is 32.4 Å². The van der Waals surface area contributed by atoms with Gasteiger partial charge in [-0.15, -0.1) is 0 Å². The number of rotatable bonds is 6. The molecule has 2 unspecified atom stereocenters. The first-order chi connectivity index (χ1) is 13.3. The number of hydrogen-bond donors (Lipinski definition) is 1. The molecule has 164 valence electrons. The molecule has 1 heterocycles. The number of nitrogens with one attached hydrogen (secondary N) is 1. The fourth-order valence-corrected chi connectivity index (χ4v) is 5.33. The summed E-state index contributed by atoms with van der Waals surface area (Å²) in [7, 11) is 0.610. The van der Waals surface area contributed by atoms with Crippen molar-refractivity contribution in [3.05, 3.63) is 11.6 Å². The van der Waals surface area contributed by atoms with Gasteiger partial charge in [-0.05, 0) is 37.9 Å². The van der Waals surface area contributed by atoms with Crippen LogP contribution < -0.4 is 5.32 Å². The molecule has 1 aliphatic heterocycles. The zero-order valence-corrected chi connectivity index (χ0v) is 19.8. The highest BCUT2D eigenvalue weighted by Crippen LogP contribution is 2.41. The van der Waals surface area contributed by atoms with Gasteiger partial charge in [0.25, 0.3) is 0 Å². The third kappa shape index (κ3) is 4.74. The summed E-state index contributed by atoms with van der Waals surface area (Å²) in [5.41, 5.74) is 0.954. The maximum Gasteiger partial charge on any atom is 0.309 e. The van der Waals surface area contributed by atoms with Gasteiger partial charge >= 0.3 is 11.9 Å². The molecule has 0 bridgehead atoms. The monoisotopic (exact) mass is 425 g/mol. The van der Waals surface area contributed by atoms with E-state index >= 15 is 0 Å². The quantitative estimate of drug-likeness (QED) is 0.305. The molecule has 1 aliphatic carbocycles. The second-order valence-corrected chi connectivity index (χ2v) is 14.3. The molecule has 1 fully saturated rings. The smallest absolute Gasteiger partial charge is 0.309 e. The molecule has 29 heavy (non-hydrogen) atoms. The molecule has 2 aliphatic rings. The molecule has 0 spiro atoms. The highest BCUT2D eigenvalue weighted by Gasteiger charge is 2.50. The summed E-state index contributed by atoms with van der Waals surface area (Å²) < 4.78 is 16.2. The van der Waals surface area contributed by atoms with Crippen LogP contribution in [0.15, 0.2) is 11.6 Å². The second kappa shape index (κ2) is 8.59. The standard InChI is InChI=1S/C21H35NO6Si/c1-12(28-29(7,8)21(2,3)4)16-17(22-18(16)23)13-9-10-14(19(24)26-5)15(11-13)20(25)27-6/h9,12,14-17H,10-11H2,1-8H3,(H,22,23)/t12-,14?,15?,16-,17-/m1/s1. The fraction of sp³-hybridized carbons (Fsp3) is 0.762. The predicted octanol–water partition coefficient (Wildman–Crippen LogP) is 2.81. The van der Waals surface area contributed by atoms with E-state index in [4.69, 9.17) is 13.9 Å². The number of esters is 2. The predicted molar refractivity (Wildman–Crippen MR) is 111 cm³/mol. The van der Waals surface area contributed by atoms with Crippen LogP contribution in [0.4, 0.5) is 0 Å². The largest absolute Gasteiger partial charge is 0.469 e. The van der Waals surface area contributed by atoms with Crippen molar-refractivity contribution >= 4 is 26.2 Å². The molecule has 2 rings (SSSR count). The Balaban J connectivity index is 2.19. The van der Waals surface area contributed by atoms with Crippen LogP contribution in [-0.2, 0) is 28.3 Å². The number of β-lactam (4-membered cyclic amide) rings is 1. The third-order valence-electron chi connectivity index (χ3n) is 6.73. The van der Waals surface area contributed by atoms with E-state index in [-0.39, 0.29) is 29.0 Å². The lowest BCUT2D eigenvalue weighted by atomic mass is 9.72. The van der Waals surface area contributed by atoms with E-state index in [2.05, 4.69) is 39.2 Å². The number of methoxy groups -OCH3 is 2. The molecular formula is C21H35NO6Si. The van der Waals surface area contributed by atoms with Crippen LogP contribution in [0, 0.1) is 17.8 Å². The molecule has 0 radical (unpaired) electrons. The molecule has 7 nitrogen and oxygen atoms in total. The van der Waals surface area contributed by atoms with Crippen molar-refractivity contribution in [2.75, 3.05) is 14.2 Å². The van der Waals surface area contributed by atoms with E-state index in [0.29, 0.717) is 12.8 Å². The summed E-state index contributed by atoms with van der Waals surface area (Å²) in [6.45, 7) is 12.8. The summed E-state index contributed by atoms with van der Waals surface area (Å²) in [4.78, 5) is 36.8. The highest BCUT2D eigenvalue weighted by atomic mass is 28.4. The first-order valence-electron chi connectivity index (χ1n) is 10.2. The molecule has 0 aromatic rings. The first-order valence-corrected chi connectivity index (χ1v) is 13.1. The SMILES string of the molecule is COC(=O)C1CC=C([C@H]2NC(=O)[C@@H]2[C@@H](C)O[Si](C)(C)C(C)(C)C)CC1C(=O)OC. The van der Waals surface area contributed by atoms with Crippen molar-refractivity contribution in [2.45, 2.75) is 70.8 Å². The zero-order chi connectivity index (χ0) is 22.1. The third-order valence-corrected chi connectivity index (χ3v) is 11.3. The minimum atomic E-state index is -2.02. The lowest BCUT2D eigenvalue weighted by Gasteiger charge is -2.47. The van der Waals surface area contributed by atoms with Gasteiger partial charge in [0, 0.05) is 0 Å². The lowest BCUT2D eigenvalue weighted by molar-refractivity contribution is -0.158. The van der Waals surface area contributed by atoms with Crippen molar-refractivity contribution < 1.29 is 28.3 Å². The average molecular weight is 426 g/mol. The molecule has 8 heteroatoms. The minimum Gasteiger partial charge on any atom is -0.469 e. The lowest BCUT2D eigenvalue weighted by Crippen LogP contribution is -2.64. The van der Waals surface area contributed by atoms with Gasteiger partial charge in [0.1, 0.15) is 0 Å². The Labute approximate surface area is 174 Å². The summed E-state index contributed by atoms with van der Waals surface area (Å²) in [5.74, 6) is -2.36. The topological polar surface area (TPSA) is 90.9 Å². The molecule has 1 amide bonds. The van der Waals surface area contributed by atoms with E-state index in [0.717, 1.165) is 5.57 Å². The summed E-state index contributed by atoms with van der Waals surface area (Å²) in [6.07, 6.45) is 2.47. The van der Waals surface area contributed by atoms with Crippen LogP contribution in [0.25, 0.3) is 0 Å². The molecule has 0 saturated carbocycles. The van der Waals surface area contributed by atoms with Crippen LogP contribution in [0.1, 0.15) is 40.5 Å². The van der Waals surface area contributed by atoms with Crippen LogP contribution in [-0.4, -0.2) is 52.5 Å². The zero-order valence-electron chi connectivity index (χ0n) is 18.8. The summed E-state index contributed by atoms with van der Waals surface area (Å²) in [6, 6.07) is -0.187. The van der Waals surface area contributed by atoms with Crippen LogP contribution in [0.2, 0.25) is 18.1 Å². The van der Waals surface area contributed by atoms with Gasteiger partial charge in [0.15, 0.2) is 8.32 Å². The van der Waals surface area contributed by atoms with E-state index in [1.165, 1.54) is 14.2 Å². The van der Waals surface area contributed by atoms with Crippen LogP contribution in [0.5, 0.6) is 0 Å². The number of allylic oxidation sites excluding steroid dienone is 1. The van der Waals surface area contributed by atoms with Gasteiger partial charge in [-0.25, -0.2) is 0 Å². The number of carbonyl (C=O) groups excluding carboxylic acids is 3. The highest BCUT2D eigenvalue weighted by molar-refractivity contribution is 6.74. The van der Waals surface area contributed by atoms with E-state index < -0.39 is 32.1 Å². The Hall–Kier alpha value is -1.67. The fourth-order valence-electron chi connectivity index (χ4n) is 3.90. The number of carbonyl (C=O) groups is 3. The molecule has 1 N–H and O–H groups in total. The molecule has 1 saturated heterocycles. The molecule has 0 aromatic carbocycles. The molecule has 5 atom stereocenters. The Bertz CT molecular complexity index is 696. The Morgan fingerprint density at radius 1 is 1.14 bits per heavy atom. The summed E-state index contributed by atoms with van der Waals surface area (Å²) in [5, 5.41) is 3.01. The molecular weight excluding hydrogens is 390 g/mol. The summed E-state index contributed by atoms with van der Waals surface area (Å²) >= 11 is 0. The van der Waals surface area contributed by atoms with Crippen molar-refractivity contribution in [3.8, 4) is 0 Å². The minimum absolute atomic E-state index is 0.0354. The van der Waals surface area contributed by atoms with E-state index in [1.807, 2.05) is 13.0 Å². The molecule has 0 aromatic heterocycles. The van der Waals surface area contributed by atoms with Gasteiger partial charge in [-0.3, -0.25) is 14.4 Å². The number of hydrogen-bond acceptors (Lipinski definition) is 6. The van der Waals surface area contributed by atoms with Crippen molar-refractivity contribution in [1.82, 2.24) is 5.32 Å². The number of amides is 1. The maximum atomic E-state index is 12.4. The van der Waals surface area contributed by atoms with Gasteiger partial charge in [-0.2, -0.15) is 0 Å². The Kier molecular flexibility index (Phi) is 7.00. The normalized spacial score (nSPS) is 28.6. The van der Waals surface area contributed by atoms with Gasteiger partial charge in [0.2, 0.25) is 5.91 Å². The van der Waals surface area contributed by atoms with Crippen molar-refractivity contribution in [1.29, 1.82) is 0 Å². The Morgan fingerprint density at radius 2 is 1.69 bits per heavy atom. The Morgan fingerprint density at radius 3 is 2.17 bits per heavy atom. The van der Waals surface area contributed by atoms with Gasteiger partial charge < -0.3 is 19.2 Å². The van der Waals surface area contributed by atoms with E-state index in [1.54, 1.807) is 0 Å². The maximum absolute atomic E-state index is 12.4. The van der Waals surface area contributed by atoms with Crippen molar-refractivity contribution in [3.63, 3.8) is 0 Å². The average Bonchev–Trinajstić information content (AvgIpc) is 2.62. The first kappa shape index (κ1) is 23.6. The van der Waals surface area contributed by atoms with Crippen LogP contribution >= 0.6 is 0 Å². The van der Waals surface area contributed by atoms with Crippen LogP contribution in [0.3, 0.4) is 0 Å². The van der Waals surface area contributed by atoms with Gasteiger partial charge in [0.05, 0.1) is 44.1 Å².